The fraction of sp³-hybridized carbons (Fsp3) is 0.417. The van der Waals surface area contributed by atoms with E-state index in [0.29, 0.717) is 48.1 Å². The lowest BCUT2D eigenvalue weighted by molar-refractivity contribution is -0.250. The van der Waals surface area contributed by atoms with Crippen LogP contribution in [0.2, 0.25) is 0 Å². The number of nitrogens with zero attached hydrogens (tertiary/aromatic N) is 2. The Balaban J connectivity index is 1.41. The summed E-state index contributed by atoms with van der Waals surface area (Å²) >= 11 is 0. The predicted octanol–water partition coefficient (Wildman–Crippen LogP) is 8.56. The summed E-state index contributed by atoms with van der Waals surface area (Å²) in [6.45, 7) is 7.75. The first-order chi connectivity index (χ1) is 29.5. The molecule has 4 aromatic carbocycles. The van der Waals surface area contributed by atoms with Gasteiger partial charge in [0.15, 0.2) is 0 Å². The third kappa shape index (κ3) is 9.12. The van der Waals surface area contributed by atoms with E-state index in [1.165, 1.54) is 23.4 Å². The average Bonchev–Trinajstić information content (AvgIpc) is 3.26. The molecule has 4 aromatic rings. The highest BCUT2D eigenvalue weighted by Crippen LogP contribution is 2.62. The van der Waals surface area contributed by atoms with Crippen LogP contribution in [0.15, 0.2) is 119 Å². The molecule has 0 spiro atoms. The summed E-state index contributed by atoms with van der Waals surface area (Å²) in [5.41, 5.74) is 2.87. The number of benzene rings is 4. The largest absolute Gasteiger partial charge is 0.460 e. The molecule has 1 heterocycles. The Morgan fingerprint density at radius 2 is 1.67 bits per heavy atom. The van der Waals surface area contributed by atoms with Gasteiger partial charge in [0.05, 0.1) is 29.2 Å². The van der Waals surface area contributed by atoms with Gasteiger partial charge in [0, 0.05) is 50.8 Å². The van der Waals surface area contributed by atoms with E-state index in [-0.39, 0.29) is 54.8 Å². The monoisotopic (exact) mass is 851 g/mol. The van der Waals surface area contributed by atoms with E-state index in [9.17, 15) is 23.4 Å². The van der Waals surface area contributed by atoms with Crippen molar-refractivity contribution >= 4 is 38.1 Å². The quantitative estimate of drug-likeness (QED) is 0.0478. The Kier molecular flexibility index (Phi) is 14.0. The summed E-state index contributed by atoms with van der Waals surface area (Å²) in [6, 6.07) is 25.0. The third-order valence-corrected chi connectivity index (χ3v) is 14.1. The van der Waals surface area contributed by atoms with Crippen molar-refractivity contribution in [1.29, 1.82) is 0 Å². The second kappa shape index (κ2) is 19.3. The fourth-order valence-corrected chi connectivity index (χ4v) is 10.9. The second-order valence-corrected chi connectivity index (χ2v) is 18.0. The molecule has 0 radical (unpaired) electrons. The van der Waals surface area contributed by atoms with E-state index in [2.05, 4.69) is 30.1 Å². The smallest absolute Gasteiger partial charge is 0.243 e. The van der Waals surface area contributed by atoms with Gasteiger partial charge >= 0.3 is 0 Å². The molecule has 61 heavy (non-hydrogen) atoms. The summed E-state index contributed by atoms with van der Waals surface area (Å²) < 4.78 is 51.6. The fourth-order valence-electron chi connectivity index (χ4n) is 9.52. The Labute approximate surface area is 358 Å². The van der Waals surface area contributed by atoms with Crippen LogP contribution in [0, 0.1) is 17.8 Å². The SMILES string of the molecule is C=CCO[C@@]12Oc3ccc(Oc4ccc5ccccc5c4)cc3[C@H]3[C@H](CCCCO)[C@@H](CCCCO)C=C(C(=NOCC)C[C@@H]1N(C)S(=O)(=O)c1ccc(NC(C)=O)cc1)[C@H]32. The zero-order valence-electron chi connectivity index (χ0n) is 35.2. The summed E-state index contributed by atoms with van der Waals surface area (Å²) in [6.07, 6.45) is 8.43. The number of allylic oxidation sites excluding steroid dienone is 1. The summed E-state index contributed by atoms with van der Waals surface area (Å²) in [5, 5.41) is 29.3. The van der Waals surface area contributed by atoms with Crippen molar-refractivity contribution in [2.75, 3.05) is 38.8 Å². The van der Waals surface area contributed by atoms with E-state index in [0.717, 1.165) is 47.6 Å². The van der Waals surface area contributed by atoms with E-state index < -0.39 is 27.8 Å². The topological polar surface area (TPSA) is 156 Å². The number of carbonyl (C=O) groups is 1. The van der Waals surface area contributed by atoms with Gasteiger partial charge in [-0.3, -0.25) is 4.79 Å². The number of oxime groups is 1. The standard InChI is InChI=1S/C48H57N3O9S/c1-5-27-57-48-45(51(4)61(55,56)39-22-18-36(19-23-39)49-32(3)54)31-43(50-58-6-2)41-29-35(15-9-11-25-52)40(16-10-12-26-53)46(47(41)48)42-30-38(21-24-44(42)60-48)59-37-20-17-33-13-7-8-14-34(33)28-37/h5,7-8,13-14,17-24,28-30,35,40,45-47,52-53H,1,6,9-12,15-16,25-27,31H2,2-4H3,(H,49,54)/t35-,40+,45-,46+,47+,48+/m0/s1. The van der Waals surface area contributed by atoms with Gasteiger partial charge in [-0.15, -0.1) is 6.58 Å². The van der Waals surface area contributed by atoms with Crippen LogP contribution in [0.25, 0.3) is 10.8 Å². The molecular weight excluding hydrogens is 795 g/mol. The molecule has 2 aliphatic carbocycles. The molecule has 0 bridgehead atoms. The molecule has 3 aliphatic rings. The number of anilines is 1. The van der Waals surface area contributed by atoms with Crippen molar-refractivity contribution in [2.45, 2.75) is 81.4 Å². The molecule has 324 valence electrons. The third-order valence-electron chi connectivity index (χ3n) is 12.2. The zero-order chi connectivity index (χ0) is 43.1. The van der Waals surface area contributed by atoms with Crippen molar-refractivity contribution < 1.29 is 42.5 Å². The number of likely N-dealkylation sites (N-methyl/N-ethyl adjacent to an activating group) is 1. The Morgan fingerprint density at radius 3 is 2.38 bits per heavy atom. The Morgan fingerprint density at radius 1 is 0.967 bits per heavy atom. The van der Waals surface area contributed by atoms with Crippen molar-refractivity contribution in [3.63, 3.8) is 0 Å². The number of sulfonamides is 1. The molecule has 1 saturated carbocycles. The van der Waals surface area contributed by atoms with Crippen molar-refractivity contribution in [3.05, 3.63) is 115 Å². The molecule has 6 atom stereocenters. The molecule has 1 amide bonds. The molecule has 1 fully saturated rings. The number of aliphatic hydroxyl groups excluding tert-OH is 2. The molecule has 3 N–H and O–H groups in total. The molecule has 13 heteroatoms. The van der Waals surface area contributed by atoms with E-state index in [4.69, 9.17) is 24.2 Å². The lowest BCUT2D eigenvalue weighted by Crippen LogP contribution is -2.69. The first-order valence-corrected chi connectivity index (χ1v) is 22.7. The minimum Gasteiger partial charge on any atom is -0.460 e. The van der Waals surface area contributed by atoms with Crippen LogP contribution in [0.3, 0.4) is 0 Å². The van der Waals surface area contributed by atoms with Crippen LogP contribution < -0.4 is 14.8 Å². The van der Waals surface area contributed by atoms with Crippen LogP contribution >= 0.6 is 0 Å². The lowest BCUT2D eigenvalue weighted by Gasteiger charge is -2.59. The van der Waals surface area contributed by atoms with Crippen molar-refractivity contribution in [1.82, 2.24) is 4.31 Å². The summed E-state index contributed by atoms with van der Waals surface area (Å²) in [4.78, 5) is 17.6. The van der Waals surface area contributed by atoms with Gasteiger partial charge in [0.1, 0.15) is 23.9 Å². The number of hydrogen-bond donors (Lipinski definition) is 3. The number of unbranched alkanes of at least 4 members (excludes halogenated alkanes) is 2. The number of rotatable bonds is 19. The molecule has 12 nitrogen and oxygen atoms in total. The zero-order valence-corrected chi connectivity index (χ0v) is 36.0. The van der Waals surface area contributed by atoms with Crippen LogP contribution in [-0.2, 0) is 24.4 Å². The molecular formula is C48H57N3O9S. The molecule has 0 saturated heterocycles. The summed E-state index contributed by atoms with van der Waals surface area (Å²) in [7, 11) is -2.67. The van der Waals surface area contributed by atoms with Gasteiger partial charge < -0.3 is 34.6 Å². The van der Waals surface area contributed by atoms with Crippen LogP contribution in [0.5, 0.6) is 17.2 Å². The number of amides is 1. The van der Waals surface area contributed by atoms with Crippen LogP contribution in [-0.4, -0.2) is 79.9 Å². The first kappa shape index (κ1) is 44.0. The molecule has 1 aliphatic heterocycles. The molecule has 7 rings (SSSR count). The van der Waals surface area contributed by atoms with E-state index in [1.807, 2.05) is 55.5 Å². The number of hydrogen-bond acceptors (Lipinski definition) is 10. The van der Waals surface area contributed by atoms with E-state index >= 15 is 0 Å². The number of aliphatic hydroxyl groups is 2. The lowest BCUT2D eigenvalue weighted by atomic mass is 9.55. The summed E-state index contributed by atoms with van der Waals surface area (Å²) in [5.74, 6) is -0.776. The Hall–Kier alpha value is -5.05. The van der Waals surface area contributed by atoms with Gasteiger partial charge in [0.25, 0.3) is 0 Å². The van der Waals surface area contributed by atoms with Crippen molar-refractivity contribution in [2.24, 2.45) is 22.9 Å². The number of carbonyl (C=O) groups excluding carboxylic acids is 1. The molecule has 0 unspecified atom stereocenters. The van der Waals surface area contributed by atoms with Gasteiger partial charge in [-0.25, -0.2) is 8.42 Å². The average molecular weight is 852 g/mol. The second-order valence-electron chi connectivity index (χ2n) is 16.0. The minimum atomic E-state index is -4.21. The highest BCUT2D eigenvalue weighted by molar-refractivity contribution is 7.89. The Bertz CT molecular complexity index is 2370. The maximum atomic E-state index is 14.8. The van der Waals surface area contributed by atoms with E-state index in [1.54, 1.807) is 25.3 Å². The van der Waals surface area contributed by atoms with Crippen molar-refractivity contribution in [3.8, 4) is 17.2 Å². The maximum Gasteiger partial charge on any atom is 0.243 e. The highest BCUT2D eigenvalue weighted by atomic mass is 32.2. The number of fused-ring (bicyclic) bond motifs is 3. The first-order valence-electron chi connectivity index (χ1n) is 21.3. The number of nitrogens with one attached hydrogen (secondary N) is 1. The van der Waals surface area contributed by atoms with Crippen LogP contribution in [0.4, 0.5) is 5.69 Å². The van der Waals surface area contributed by atoms with Gasteiger partial charge in [0.2, 0.25) is 21.7 Å². The highest BCUT2D eigenvalue weighted by Gasteiger charge is 2.65. The van der Waals surface area contributed by atoms with Gasteiger partial charge in [-0.1, -0.05) is 60.5 Å². The maximum absolute atomic E-state index is 14.8. The predicted molar refractivity (Wildman–Crippen MR) is 236 cm³/mol. The minimum absolute atomic E-state index is 0.000375. The number of ether oxygens (including phenoxy) is 3. The molecule has 0 aromatic heterocycles. The van der Waals surface area contributed by atoms with Gasteiger partial charge in [-0.2, -0.15) is 4.31 Å². The van der Waals surface area contributed by atoms with Gasteiger partial charge in [-0.05, 0) is 115 Å². The van der Waals surface area contributed by atoms with Crippen LogP contribution in [0.1, 0.15) is 70.3 Å². The normalized spacial score (nSPS) is 23.7.